The first-order valence-corrected chi connectivity index (χ1v) is 14.1. The molecule has 1 aromatic heterocycles. The Bertz CT molecular complexity index is 1850. The second kappa shape index (κ2) is 10.3. The van der Waals surface area contributed by atoms with Crippen molar-refractivity contribution in [1.29, 1.82) is 0 Å². The zero-order valence-corrected chi connectivity index (χ0v) is 24.1. The second-order valence-electron chi connectivity index (χ2n) is 10.8. The Labute approximate surface area is 246 Å². The second-order valence-corrected chi connectivity index (χ2v) is 10.8. The van der Waals surface area contributed by atoms with Gasteiger partial charge in [-0.3, -0.25) is 0 Å². The van der Waals surface area contributed by atoms with Gasteiger partial charge in [0.2, 0.25) is 0 Å². The third kappa shape index (κ3) is 4.59. The zero-order valence-electron chi connectivity index (χ0n) is 24.1. The standard InChI is InChI=1S/C37H30N4O/c1-23-13-15-28(21-25(23)3)36-38-35(39-37(40-36)29-16-14-24(2)26(4)22-29)27-17-19-30(20-18-27)41-31-9-5-7-11-33(31)42-34-12-8-6-10-32(34)41/h5-22H,1-4H3. The number of hydrogen-bond donors (Lipinski definition) is 0. The number of aromatic nitrogens is 3. The Morgan fingerprint density at radius 2 is 0.881 bits per heavy atom. The van der Waals surface area contributed by atoms with E-state index in [1.807, 2.05) is 36.4 Å². The SMILES string of the molecule is Cc1ccc(-c2nc(-c3ccc(N4c5ccccc5Oc5ccccc54)cc3)nc(-c3ccc(C)c(C)c3)n2)cc1C. The highest BCUT2D eigenvalue weighted by Crippen LogP contribution is 2.50. The summed E-state index contributed by atoms with van der Waals surface area (Å²) in [7, 11) is 0. The molecular formula is C37H30N4O. The van der Waals surface area contributed by atoms with Crippen molar-refractivity contribution in [3.8, 4) is 45.7 Å². The lowest BCUT2D eigenvalue weighted by Crippen LogP contribution is -2.15. The van der Waals surface area contributed by atoms with Gasteiger partial charge in [-0.1, -0.05) is 48.5 Å². The van der Waals surface area contributed by atoms with Crippen molar-refractivity contribution in [3.05, 3.63) is 131 Å². The van der Waals surface area contributed by atoms with Gasteiger partial charge in [0.1, 0.15) is 0 Å². The maximum atomic E-state index is 6.20. The van der Waals surface area contributed by atoms with Gasteiger partial charge in [0.15, 0.2) is 29.0 Å². The molecule has 42 heavy (non-hydrogen) atoms. The Kier molecular flexibility index (Phi) is 6.28. The average Bonchev–Trinajstić information content (AvgIpc) is 3.02. The first-order valence-electron chi connectivity index (χ1n) is 14.1. The van der Waals surface area contributed by atoms with Gasteiger partial charge in [0.05, 0.1) is 11.4 Å². The number of aryl methyl sites for hydroxylation is 4. The lowest BCUT2D eigenvalue weighted by atomic mass is 10.0. The summed E-state index contributed by atoms with van der Waals surface area (Å²) in [6.07, 6.45) is 0. The van der Waals surface area contributed by atoms with E-state index in [2.05, 4.69) is 105 Å². The van der Waals surface area contributed by atoms with Crippen LogP contribution in [-0.4, -0.2) is 15.0 Å². The van der Waals surface area contributed by atoms with Gasteiger partial charge in [-0.15, -0.1) is 0 Å². The van der Waals surface area contributed by atoms with E-state index in [4.69, 9.17) is 19.7 Å². The van der Waals surface area contributed by atoms with E-state index in [1.54, 1.807) is 0 Å². The number of benzene rings is 5. The maximum absolute atomic E-state index is 6.20. The highest BCUT2D eigenvalue weighted by atomic mass is 16.5. The number of para-hydroxylation sites is 4. The summed E-state index contributed by atoms with van der Waals surface area (Å²) >= 11 is 0. The average molecular weight is 547 g/mol. The van der Waals surface area contributed by atoms with E-state index < -0.39 is 0 Å². The number of hydrogen-bond acceptors (Lipinski definition) is 5. The van der Waals surface area contributed by atoms with Gasteiger partial charge < -0.3 is 9.64 Å². The number of ether oxygens (including phenoxy) is 1. The number of rotatable bonds is 4. The largest absolute Gasteiger partial charge is 0.453 e. The number of anilines is 3. The minimum atomic E-state index is 0.640. The lowest BCUT2D eigenvalue weighted by Gasteiger charge is -2.32. The van der Waals surface area contributed by atoms with Crippen LogP contribution in [0.2, 0.25) is 0 Å². The van der Waals surface area contributed by atoms with Crippen molar-refractivity contribution in [1.82, 2.24) is 15.0 Å². The normalized spacial score (nSPS) is 12.0. The van der Waals surface area contributed by atoms with Crippen LogP contribution in [-0.2, 0) is 0 Å². The predicted molar refractivity (Wildman–Crippen MR) is 170 cm³/mol. The molecular weight excluding hydrogens is 516 g/mol. The molecule has 6 aromatic rings. The molecule has 0 unspecified atom stereocenters. The highest BCUT2D eigenvalue weighted by molar-refractivity contribution is 5.86. The summed E-state index contributed by atoms with van der Waals surface area (Å²) in [5.74, 6) is 3.62. The molecule has 0 bridgehead atoms. The molecule has 0 fully saturated rings. The Balaban J connectivity index is 1.34. The van der Waals surface area contributed by atoms with E-state index >= 15 is 0 Å². The van der Waals surface area contributed by atoms with Gasteiger partial charge in [-0.25, -0.2) is 15.0 Å². The van der Waals surface area contributed by atoms with Crippen LogP contribution in [0.4, 0.5) is 17.1 Å². The zero-order chi connectivity index (χ0) is 28.8. The molecule has 5 nitrogen and oxygen atoms in total. The van der Waals surface area contributed by atoms with Gasteiger partial charge in [0.25, 0.3) is 0 Å². The topological polar surface area (TPSA) is 51.1 Å². The van der Waals surface area contributed by atoms with Crippen LogP contribution in [0.15, 0.2) is 109 Å². The molecule has 204 valence electrons. The summed E-state index contributed by atoms with van der Waals surface area (Å²) < 4.78 is 6.20. The molecule has 5 aromatic carbocycles. The van der Waals surface area contributed by atoms with Crippen LogP contribution in [0.5, 0.6) is 11.5 Å². The van der Waals surface area contributed by atoms with Crippen molar-refractivity contribution in [3.63, 3.8) is 0 Å². The van der Waals surface area contributed by atoms with Crippen molar-refractivity contribution in [2.45, 2.75) is 27.7 Å². The molecule has 0 atom stereocenters. The molecule has 0 saturated carbocycles. The van der Waals surface area contributed by atoms with Crippen LogP contribution in [0.1, 0.15) is 22.3 Å². The summed E-state index contributed by atoms with van der Waals surface area (Å²) in [6, 6.07) is 37.3. The van der Waals surface area contributed by atoms with Gasteiger partial charge >= 0.3 is 0 Å². The molecule has 0 N–H and O–H groups in total. The fraction of sp³-hybridized carbons (Fsp3) is 0.108. The van der Waals surface area contributed by atoms with E-state index in [9.17, 15) is 0 Å². The minimum absolute atomic E-state index is 0.640. The van der Waals surface area contributed by atoms with Crippen molar-refractivity contribution < 1.29 is 4.74 Å². The molecule has 1 aliphatic rings. The fourth-order valence-corrected chi connectivity index (χ4v) is 5.27. The van der Waals surface area contributed by atoms with Crippen molar-refractivity contribution in [2.24, 2.45) is 0 Å². The third-order valence-corrected chi connectivity index (χ3v) is 7.98. The van der Waals surface area contributed by atoms with Gasteiger partial charge in [-0.2, -0.15) is 0 Å². The molecule has 5 heteroatoms. The predicted octanol–water partition coefficient (Wildman–Crippen LogP) is 9.68. The molecule has 0 saturated heterocycles. The molecule has 0 spiro atoms. The molecule has 0 radical (unpaired) electrons. The van der Waals surface area contributed by atoms with Crippen LogP contribution < -0.4 is 9.64 Å². The van der Waals surface area contributed by atoms with Crippen LogP contribution in [0.25, 0.3) is 34.2 Å². The van der Waals surface area contributed by atoms with E-state index in [0.29, 0.717) is 17.5 Å². The van der Waals surface area contributed by atoms with Gasteiger partial charge in [0, 0.05) is 22.4 Å². The quantitative estimate of drug-likeness (QED) is 0.220. The first-order chi connectivity index (χ1) is 20.4. The minimum Gasteiger partial charge on any atom is -0.453 e. The molecule has 0 amide bonds. The molecule has 7 rings (SSSR count). The summed E-state index contributed by atoms with van der Waals surface area (Å²) in [5.41, 5.74) is 10.8. The van der Waals surface area contributed by atoms with Crippen molar-refractivity contribution in [2.75, 3.05) is 4.90 Å². The first kappa shape index (κ1) is 25.7. The summed E-state index contributed by atoms with van der Waals surface area (Å²) in [5, 5.41) is 0. The third-order valence-electron chi connectivity index (χ3n) is 7.98. The molecule has 0 aliphatic carbocycles. The lowest BCUT2D eigenvalue weighted by molar-refractivity contribution is 0.477. The Morgan fingerprint density at radius 1 is 0.452 bits per heavy atom. The summed E-state index contributed by atoms with van der Waals surface area (Å²) in [6.45, 7) is 8.47. The smallest absolute Gasteiger partial charge is 0.164 e. The molecule has 2 heterocycles. The van der Waals surface area contributed by atoms with Crippen molar-refractivity contribution >= 4 is 17.1 Å². The van der Waals surface area contributed by atoms with Crippen LogP contribution in [0, 0.1) is 27.7 Å². The number of fused-ring (bicyclic) bond motifs is 2. The van der Waals surface area contributed by atoms with E-state index in [1.165, 1.54) is 22.3 Å². The summed E-state index contributed by atoms with van der Waals surface area (Å²) in [4.78, 5) is 17.1. The number of nitrogens with zero attached hydrogens (tertiary/aromatic N) is 4. The molecule has 1 aliphatic heterocycles. The fourth-order valence-electron chi connectivity index (χ4n) is 5.27. The van der Waals surface area contributed by atoms with Gasteiger partial charge in [-0.05, 0) is 111 Å². The van der Waals surface area contributed by atoms with E-state index in [-0.39, 0.29) is 0 Å². The Morgan fingerprint density at radius 3 is 1.36 bits per heavy atom. The highest BCUT2D eigenvalue weighted by Gasteiger charge is 2.25. The maximum Gasteiger partial charge on any atom is 0.164 e. The van der Waals surface area contributed by atoms with Crippen LogP contribution >= 0.6 is 0 Å². The monoisotopic (exact) mass is 546 g/mol. The van der Waals surface area contributed by atoms with E-state index in [0.717, 1.165) is 45.3 Å². The Hall–Kier alpha value is -5.29. The van der Waals surface area contributed by atoms with Crippen LogP contribution in [0.3, 0.4) is 0 Å².